The summed E-state index contributed by atoms with van der Waals surface area (Å²) in [5, 5.41) is 2.34. The van der Waals surface area contributed by atoms with E-state index in [9.17, 15) is 19.2 Å². The predicted octanol–water partition coefficient (Wildman–Crippen LogP) is 1.98. The maximum Gasteiger partial charge on any atom is 0.328 e. The number of amides is 3. The van der Waals surface area contributed by atoms with Crippen molar-refractivity contribution >= 4 is 45.9 Å². The van der Waals surface area contributed by atoms with Gasteiger partial charge in [-0.15, -0.1) is 0 Å². The van der Waals surface area contributed by atoms with Crippen molar-refractivity contribution in [3.8, 4) is 0 Å². The van der Waals surface area contributed by atoms with Gasteiger partial charge >= 0.3 is 5.69 Å². The summed E-state index contributed by atoms with van der Waals surface area (Å²) in [6.45, 7) is 0.456. The van der Waals surface area contributed by atoms with Crippen LogP contribution in [0.15, 0.2) is 58.5 Å². The van der Waals surface area contributed by atoms with E-state index in [-0.39, 0.29) is 48.8 Å². The monoisotopic (exact) mass is 451 g/mol. The molecule has 0 aliphatic carbocycles. The summed E-state index contributed by atoms with van der Waals surface area (Å²) in [6.07, 6.45) is 4.97. The average molecular weight is 452 g/mol. The number of carbonyl (C=O) groups excluding carboxylic acids is 3. The molecule has 0 spiro atoms. The minimum atomic E-state index is -0.389. The number of imide groups is 1. The molecular formula is C22H21N5O4S. The van der Waals surface area contributed by atoms with Crippen molar-refractivity contribution in [3.05, 3.63) is 69.7 Å². The SMILES string of the molecule is Cn1c(=O)n(CCC(=O)NCCN2C(=O)S/C(=C\c3cccnc3)C2=O)c2ccccc21. The van der Waals surface area contributed by atoms with Crippen LogP contribution < -0.4 is 11.0 Å². The number of aromatic nitrogens is 3. The van der Waals surface area contributed by atoms with E-state index < -0.39 is 0 Å². The Labute approximate surface area is 187 Å². The van der Waals surface area contributed by atoms with E-state index in [2.05, 4.69) is 10.3 Å². The van der Waals surface area contributed by atoms with Gasteiger partial charge in [0.15, 0.2) is 0 Å². The molecule has 4 rings (SSSR count). The molecule has 3 amide bonds. The number of hydrogen-bond donors (Lipinski definition) is 1. The molecule has 0 bridgehead atoms. The van der Waals surface area contributed by atoms with E-state index in [1.54, 1.807) is 46.8 Å². The Balaban J connectivity index is 1.30. The van der Waals surface area contributed by atoms with Crippen molar-refractivity contribution in [3.63, 3.8) is 0 Å². The standard InChI is InChI=1S/C22H21N5O4S/c1-25-16-6-2-3-7-17(16)26(21(25)30)11-8-19(28)24-10-12-27-20(29)18(32-22(27)31)13-15-5-4-9-23-14-15/h2-7,9,13-14H,8,10-12H2,1H3,(H,24,28)/b18-13-. The first-order valence-electron chi connectivity index (χ1n) is 10.0. The number of aryl methyl sites for hydroxylation is 2. The van der Waals surface area contributed by atoms with Crippen LogP contribution in [0.5, 0.6) is 0 Å². The number of nitrogens with zero attached hydrogens (tertiary/aromatic N) is 4. The molecule has 1 N–H and O–H groups in total. The first kappa shape index (κ1) is 21.6. The summed E-state index contributed by atoms with van der Waals surface area (Å²) in [5.41, 5.74) is 2.12. The number of carbonyl (C=O) groups is 3. The largest absolute Gasteiger partial charge is 0.354 e. The molecule has 1 aromatic carbocycles. The number of benzene rings is 1. The van der Waals surface area contributed by atoms with E-state index >= 15 is 0 Å². The molecule has 32 heavy (non-hydrogen) atoms. The topological polar surface area (TPSA) is 106 Å². The second kappa shape index (κ2) is 9.23. The fourth-order valence-electron chi connectivity index (χ4n) is 3.49. The van der Waals surface area contributed by atoms with Crippen LogP contribution in [0.3, 0.4) is 0 Å². The zero-order valence-corrected chi connectivity index (χ0v) is 18.2. The lowest BCUT2D eigenvalue weighted by molar-refractivity contribution is -0.124. The van der Waals surface area contributed by atoms with Gasteiger partial charge in [0, 0.05) is 45.5 Å². The summed E-state index contributed by atoms with van der Waals surface area (Å²) >= 11 is 0.866. The molecule has 1 aliphatic rings. The lowest BCUT2D eigenvalue weighted by atomic mass is 10.2. The highest BCUT2D eigenvalue weighted by Crippen LogP contribution is 2.31. The molecule has 0 unspecified atom stereocenters. The lowest BCUT2D eigenvalue weighted by Crippen LogP contribution is -2.37. The molecule has 1 fully saturated rings. The molecule has 164 valence electrons. The van der Waals surface area contributed by atoms with Gasteiger partial charge in [-0.05, 0) is 41.6 Å². The maximum atomic E-state index is 12.5. The second-order valence-electron chi connectivity index (χ2n) is 7.20. The van der Waals surface area contributed by atoms with Crippen LogP contribution in [-0.2, 0) is 23.2 Å². The Morgan fingerprint density at radius 2 is 1.88 bits per heavy atom. The number of hydrogen-bond acceptors (Lipinski definition) is 6. The van der Waals surface area contributed by atoms with Gasteiger partial charge in [0.1, 0.15) is 0 Å². The van der Waals surface area contributed by atoms with E-state index in [0.717, 1.165) is 33.3 Å². The Hall–Kier alpha value is -3.66. The number of nitrogens with one attached hydrogen (secondary N) is 1. The van der Waals surface area contributed by atoms with Crippen LogP contribution in [0.4, 0.5) is 4.79 Å². The Morgan fingerprint density at radius 1 is 1.09 bits per heavy atom. The zero-order chi connectivity index (χ0) is 22.7. The normalized spacial score (nSPS) is 15.2. The summed E-state index contributed by atoms with van der Waals surface area (Å²) in [6, 6.07) is 10.9. The molecule has 0 saturated carbocycles. The van der Waals surface area contributed by atoms with Gasteiger partial charge in [0.25, 0.3) is 11.1 Å². The third-order valence-corrected chi connectivity index (χ3v) is 6.03. The smallest absolute Gasteiger partial charge is 0.328 e. The van der Waals surface area contributed by atoms with Gasteiger partial charge in [0.2, 0.25) is 5.91 Å². The number of imidazole rings is 1. The van der Waals surface area contributed by atoms with E-state index in [0.29, 0.717) is 4.91 Å². The summed E-state index contributed by atoms with van der Waals surface area (Å²) in [4.78, 5) is 54.8. The number of rotatable bonds is 7. The highest BCUT2D eigenvalue weighted by Gasteiger charge is 2.34. The van der Waals surface area contributed by atoms with Gasteiger partial charge in [-0.1, -0.05) is 18.2 Å². The van der Waals surface area contributed by atoms with Gasteiger partial charge < -0.3 is 5.32 Å². The van der Waals surface area contributed by atoms with Crippen LogP contribution in [0, 0.1) is 0 Å². The van der Waals surface area contributed by atoms with Crippen LogP contribution in [0.25, 0.3) is 17.1 Å². The lowest BCUT2D eigenvalue weighted by Gasteiger charge is -2.13. The highest BCUT2D eigenvalue weighted by atomic mass is 32.2. The molecule has 10 heteroatoms. The number of fused-ring (bicyclic) bond motifs is 1. The van der Waals surface area contributed by atoms with Crippen LogP contribution >= 0.6 is 11.8 Å². The van der Waals surface area contributed by atoms with Crippen molar-refractivity contribution in [1.82, 2.24) is 24.3 Å². The second-order valence-corrected chi connectivity index (χ2v) is 8.19. The maximum absolute atomic E-state index is 12.5. The van der Waals surface area contributed by atoms with Gasteiger partial charge in [0.05, 0.1) is 15.9 Å². The van der Waals surface area contributed by atoms with Crippen LogP contribution in [-0.4, -0.2) is 49.2 Å². The summed E-state index contributed by atoms with van der Waals surface area (Å²) in [5.74, 6) is -0.650. The van der Waals surface area contributed by atoms with E-state index in [4.69, 9.17) is 0 Å². The minimum absolute atomic E-state index is 0.0784. The molecule has 2 aromatic heterocycles. The Bertz CT molecular complexity index is 1280. The van der Waals surface area contributed by atoms with Crippen LogP contribution in [0.2, 0.25) is 0 Å². The summed E-state index contributed by atoms with van der Waals surface area (Å²) in [7, 11) is 1.69. The van der Waals surface area contributed by atoms with Crippen molar-refractivity contribution in [2.24, 2.45) is 7.05 Å². The molecule has 1 saturated heterocycles. The Morgan fingerprint density at radius 3 is 2.62 bits per heavy atom. The van der Waals surface area contributed by atoms with Crippen molar-refractivity contribution in [2.75, 3.05) is 13.1 Å². The molecule has 3 heterocycles. The minimum Gasteiger partial charge on any atom is -0.354 e. The van der Waals surface area contributed by atoms with Gasteiger partial charge in [-0.25, -0.2) is 4.79 Å². The van der Waals surface area contributed by atoms with Crippen LogP contribution in [0.1, 0.15) is 12.0 Å². The summed E-state index contributed by atoms with van der Waals surface area (Å²) < 4.78 is 3.11. The van der Waals surface area contributed by atoms with E-state index in [1.807, 2.05) is 24.3 Å². The first-order valence-corrected chi connectivity index (χ1v) is 10.8. The number of thioether (sulfide) groups is 1. The van der Waals surface area contributed by atoms with Gasteiger partial charge in [-0.2, -0.15) is 0 Å². The number of pyridine rings is 1. The molecule has 1 aliphatic heterocycles. The average Bonchev–Trinajstić information content (AvgIpc) is 3.20. The Kier molecular flexibility index (Phi) is 6.22. The number of para-hydroxylation sites is 2. The third-order valence-electron chi connectivity index (χ3n) is 5.13. The molecule has 0 atom stereocenters. The highest BCUT2D eigenvalue weighted by molar-refractivity contribution is 8.18. The van der Waals surface area contributed by atoms with Crippen molar-refractivity contribution < 1.29 is 14.4 Å². The van der Waals surface area contributed by atoms with E-state index in [1.165, 1.54) is 0 Å². The molecule has 9 nitrogen and oxygen atoms in total. The molecular weight excluding hydrogens is 430 g/mol. The fraction of sp³-hybridized carbons (Fsp3) is 0.227. The first-order chi connectivity index (χ1) is 15.5. The molecule has 0 radical (unpaired) electrons. The zero-order valence-electron chi connectivity index (χ0n) is 17.4. The van der Waals surface area contributed by atoms with Crippen molar-refractivity contribution in [2.45, 2.75) is 13.0 Å². The van der Waals surface area contributed by atoms with Crippen molar-refractivity contribution in [1.29, 1.82) is 0 Å². The third kappa shape index (κ3) is 4.35. The molecule has 3 aromatic rings. The fourth-order valence-corrected chi connectivity index (χ4v) is 4.36. The quantitative estimate of drug-likeness (QED) is 0.551. The van der Waals surface area contributed by atoms with Gasteiger partial charge in [-0.3, -0.25) is 33.4 Å². The predicted molar refractivity (Wildman–Crippen MR) is 122 cm³/mol.